The van der Waals surface area contributed by atoms with Crippen LogP contribution in [0, 0.1) is 17.3 Å². The fraction of sp³-hybridized carbons (Fsp3) is 0.655. The predicted octanol–water partition coefficient (Wildman–Crippen LogP) is 6.38. The Morgan fingerprint density at radius 1 is 1.03 bits per heavy atom. The SMILES string of the molecule is CCOC(=O)C1CCN(Cc2ccc3cc(OC4CCC(C(C)(C)CC)CC4)ccc3n2)CC1. The minimum Gasteiger partial charge on any atom is -0.490 e. The third-order valence-electron chi connectivity index (χ3n) is 8.30. The van der Waals surface area contributed by atoms with Crippen LogP contribution in [-0.4, -0.2) is 41.7 Å². The molecule has 2 aliphatic rings. The Morgan fingerprint density at radius 2 is 1.76 bits per heavy atom. The molecule has 1 aromatic carbocycles. The van der Waals surface area contributed by atoms with E-state index in [0.717, 1.165) is 73.6 Å². The van der Waals surface area contributed by atoms with E-state index in [1.165, 1.54) is 19.3 Å². The fourth-order valence-electron chi connectivity index (χ4n) is 5.57. The maximum atomic E-state index is 12.0. The molecule has 2 aromatic rings. The van der Waals surface area contributed by atoms with Gasteiger partial charge in [-0.05, 0) is 94.1 Å². The van der Waals surface area contributed by atoms with Crippen molar-refractivity contribution in [2.24, 2.45) is 17.3 Å². The summed E-state index contributed by atoms with van der Waals surface area (Å²) in [7, 11) is 0. The quantitative estimate of drug-likeness (QED) is 0.422. The van der Waals surface area contributed by atoms with E-state index in [1.807, 2.05) is 6.92 Å². The van der Waals surface area contributed by atoms with Gasteiger partial charge in [-0.2, -0.15) is 0 Å². The molecule has 1 aliphatic heterocycles. The largest absolute Gasteiger partial charge is 0.490 e. The second-order valence-corrected chi connectivity index (χ2v) is 10.9. The number of aromatic nitrogens is 1. The number of pyridine rings is 1. The highest BCUT2D eigenvalue weighted by Crippen LogP contribution is 2.41. The number of nitrogens with zero attached hydrogens (tertiary/aromatic N) is 2. The Bertz CT molecular complexity index is 957. The number of esters is 1. The van der Waals surface area contributed by atoms with E-state index in [0.29, 0.717) is 18.1 Å². The molecule has 0 N–H and O–H groups in total. The van der Waals surface area contributed by atoms with Crippen LogP contribution in [0.25, 0.3) is 10.9 Å². The zero-order chi connectivity index (χ0) is 24.1. The first kappa shape index (κ1) is 25.0. The maximum absolute atomic E-state index is 12.0. The normalized spacial score (nSPS) is 22.6. The first-order valence-corrected chi connectivity index (χ1v) is 13.3. The summed E-state index contributed by atoms with van der Waals surface area (Å²) < 4.78 is 11.6. The van der Waals surface area contributed by atoms with Crippen molar-refractivity contribution in [3.05, 3.63) is 36.0 Å². The molecule has 5 heteroatoms. The van der Waals surface area contributed by atoms with Gasteiger partial charge in [-0.1, -0.05) is 33.3 Å². The summed E-state index contributed by atoms with van der Waals surface area (Å²) in [5.41, 5.74) is 2.53. The van der Waals surface area contributed by atoms with Crippen molar-refractivity contribution in [2.75, 3.05) is 19.7 Å². The maximum Gasteiger partial charge on any atom is 0.309 e. The number of likely N-dealkylation sites (tertiary alicyclic amines) is 1. The monoisotopic (exact) mass is 466 g/mol. The number of benzene rings is 1. The van der Waals surface area contributed by atoms with E-state index in [2.05, 4.69) is 56.0 Å². The summed E-state index contributed by atoms with van der Waals surface area (Å²) in [6.45, 7) is 12.1. The molecule has 0 radical (unpaired) electrons. The number of carbonyl (C=O) groups is 1. The first-order chi connectivity index (χ1) is 16.4. The van der Waals surface area contributed by atoms with Gasteiger partial charge in [-0.15, -0.1) is 0 Å². The van der Waals surface area contributed by atoms with Crippen molar-refractivity contribution in [3.8, 4) is 5.75 Å². The van der Waals surface area contributed by atoms with Crippen LogP contribution in [0.2, 0.25) is 0 Å². The number of hydrogen-bond acceptors (Lipinski definition) is 5. The summed E-state index contributed by atoms with van der Waals surface area (Å²) in [6, 6.07) is 10.6. The molecule has 0 unspecified atom stereocenters. The van der Waals surface area contributed by atoms with Gasteiger partial charge in [0.25, 0.3) is 0 Å². The molecule has 0 spiro atoms. The lowest BCUT2D eigenvalue weighted by molar-refractivity contribution is -0.149. The van der Waals surface area contributed by atoms with Crippen molar-refractivity contribution in [3.63, 3.8) is 0 Å². The van der Waals surface area contributed by atoms with E-state index in [-0.39, 0.29) is 11.9 Å². The fourth-order valence-corrected chi connectivity index (χ4v) is 5.57. The minimum absolute atomic E-state index is 0.0400. The lowest BCUT2D eigenvalue weighted by Crippen LogP contribution is -2.36. The standard InChI is InChI=1S/C29H42N2O3/c1-5-29(3,4)23-8-11-25(12-9-23)34-26-13-14-27-22(19-26)7-10-24(30-27)20-31-17-15-21(16-18-31)28(32)33-6-2/h7,10,13-14,19,21,23,25H,5-6,8-9,11-12,15-18,20H2,1-4H3. The minimum atomic E-state index is -0.0400. The molecule has 4 rings (SSSR count). The van der Waals surface area contributed by atoms with Gasteiger partial charge in [0.05, 0.1) is 29.8 Å². The van der Waals surface area contributed by atoms with Gasteiger partial charge in [0, 0.05) is 11.9 Å². The molecule has 34 heavy (non-hydrogen) atoms. The van der Waals surface area contributed by atoms with Crippen LogP contribution < -0.4 is 4.74 Å². The zero-order valence-corrected chi connectivity index (χ0v) is 21.5. The molecule has 2 fully saturated rings. The summed E-state index contributed by atoms with van der Waals surface area (Å²) in [5.74, 6) is 1.78. The second-order valence-electron chi connectivity index (χ2n) is 10.9. The van der Waals surface area contributed by atoms with Crippen LogP contribution >= 0.6 is 0 Å². The average molecular weight is 467 g/mol. The summed E-state index contributed by atoms with van der Waals surface area (Å²) in [4.78, 5) is 19.3. The molecule has 0 amide bonds. The van der Waals surface area contributed by atoms with Crippen molar-refractivity contribution in [1.82, 2.24) is 9.88 Å². The second kappa shape index (κ2) is 11.1. The van der Waals surface area contributed by atoms with E-state index >= 15 is 0 Å². The van der Waals surface area contributed by atoms with Crippen molar-refractivity contribution >= 4 is 16.9 Å². The van der Waals surface area contributed by atoms with Gasteiger partial charge in [0.15, 0.2) is 0 Å². The molecule has 1 saturated carbocycles. The molecule has 1 aromatic heterocycles. The third-order valence-corrected chi connectivity index (χ3v) is 8.30. The molecule has 0 bridgehead atoms. The number of fused-ring (bicyclic) bond motifs is 1. The van der Waals surface area contributed by atoms with Gasteiger partial charge in [-0.3, -0.25) is 14.7 Å². The zero-order valence-electron chi connectivity index (χ0n) is 21.5. The lowest BCUT2D eigenvalue weighted by atomic mass is 9.69. The van der Waals surface area contributed by atoms with Gasteiger partial charge in [-0.25, -0.2) is 0 Å². The highest BCUT2D eigenvalue weighted by Gasteiger charge is 2.32. The number of rotatable bonds is 8. The first-order valence-electron chi connectivity index (χ1n) is 13.3. The Hall–Kier alpha value is -2.14. The molecule has 1 saturated heterocycles. The van der Waals surface area contributed by atoms with Gasteiger partial charge >= 0.3 is 5.97 Å². The predicted molar refractivity (Wildman–Crippen MR) is 137 cm³/mol. The molecule has 0 atom stereocenters. The smallest absolute Gasteiger partial charge is 0.309 e. The molecular weight excluding hydrogens is 424 g/mol. The summed E-state index contributed by atoms with van der Waals surface area (Å²) >= 11 is 0. The van der Waals surface area contributed by atoms with E-state index in [4.69, 9.17) is 14.5 Å². The highest BCUT2D eigenvalue weighted by molar-refractivity contribution is 5.80. The van der Waals surface area contributed by atoms with Crippen molar-refractivity contribution in [1.29, 1.82) is 0 Å². The van der Waals surface area contributed by atoms with E-state index in [1.54, 1.807) is 0 Å². The number of hydrogen-bond donors (Lipinski definition) is 0. The Balaban J connectivity index is 1.30. The molecule has 1 aliphatic carbocycles. The van der Waals surface area contributed by atoms with Crippen LogP contribution in [0.1, 0.15) is 78.3 Å². The molecular formula is C29H42N2O3. The third kappa shape index (κ3) is 6.10. The van der Waals surface area contributed by atoms with Gasteiger partial charge in [0.2, 0.25) is 0 Å². The molecule has 2 heterocycles. The number of ether oxygens (including phenoxy) is 2. The van der Waals surface area contributed by atoms with Gasteiger partial charge < -0.3 is 9.47 Å². The molecule has 186 valence electrons. The summed E-state index contributed by atoms with van der Waals surface area (Å²) in [6.07, 6.45) is 8.13. The lowest BCUT2D eigenvalue weighted by Gasteiger charge is -2.38. The van der Waals surface area contributed by atoms with Crippen LogP contribution in [0.3, 0.4) is 0 Å². The Kier molecular flexibility index (Phi) is 8.13. The van der Waals surface area contributed by atoms with Gasteiger partial charge in [0.1, 0.15) is 5.75 Å². The molecule has 5 nitrogen and oxygen atoms in total. The van der Waals surface area contributed by atoms with Crippen molar-refractivity contribution < 1.29 is 14.3 Å². The topological polar surface area (TPSA) is 51.7 Å². The summed E-state index contributed by atoms with van der Waals surface area (Å²) in [5, 5.41) is 1.13. The Morgan fingerprint density at radius 3 is 2.44 bits per heavy atom. The Labute approximate surface area is 205 Å². The van der Waals surface area contributed by atoms with Crippen LogP contribution in [0.5, 0.6) is 5.75 Å². The van der Waals surface area contributed by atoms with Crippen LogP contribution in [-0.2, 0) is 16.1 Å². The highest BCUT2D eigenvalue weighted by atomic mass is 16.5. The average Bonchev–Trinajstić information content (AvgIpc) is 2.85. The van der Waals surface area contributed by atoms with Crippen LogP contribution in [0.15, 0.2) is 30.3 Å². The van der Waals surface area contributed by atoms with Crippen molar-refractivity contribution in [2.45, 2.75) is 85.3 Å². The number of piperidine rings is 1. The van der Waals surface area contributed by atoms with Crippen LogP contribution in [0.4, 0.5) is 0 Å². The van der Waals surface area contributed by atoms with E-state index in [9.17, 15) is 4.79 Å². The number of carbonyl (C=O) groups excluding carboxylic acids is 1. The van der Waals surface area contributed by atoms with E-state index < -0.39 is 0 Å².